The third-order valence-electron chi connectivity index (χ3n) is 9.98. The van der Waals surface area contributed by atoms with Crippen molar-refractivity contribution in [3.05, 3.63) is 52.5 Å². The zero-order valence-electron chi connectivity index (χ0n) is 34.2. The van der Waals surface area contributed by atoms with Crippen molar-refractivity contribution in [3.8, 4) is 0 Å². The number of benzene rings is 1. The highest BCUT2D eigenvalue weighted by Gasteiger charge is 2.42. The predicted molar refractivity (Wildman–Crippen MR) is 219 cm³/mol. The van der Waals surface area contributed by atoms with Gasteiger partial charge in [-0.1, -0.05) is 89.4 Å². The SMILES string of the molecule is CC[C@H](C)[C@H](NC(=O)[C@H](CC(C)C)NC(=O)c1cnccn1)C(=O)N[C@@H](CC1CCCCC1)C(=O)N(C(=O)C[C@H](N)CC(F)F)C(=O)C(=O)NS(=O)(=O)c1cc(Cl)cc(Cl)c1. The molecule has 0 aliphatic heterocycles. The van der Waals surface area contributed by atoms with Crippen LogP contribution >= 0.6 is 23.2 Å². The van der Waals surface area contributed by atoms with Crippen LogP contribution in [0.25, 0.3) is 0 Å². The molecule has 1 fully saturated rings. The lowest BCUT2D eigenvalue weighted by molar-refractivity contribution is -0.160. The molecule has 0 radical (unpaired) electrons. The number of imide groups is 3. The summed E-state index contributed by atoms with van der Waals surface area (Å²) in [6.45, 7) is 6.99. The molecular weight excluding hydrogens is 865 g/mol. The molecule has 22 heteroatoms. The van der Waals surface area contributed by atoms with Crippen LogP contribution < -0.4 is 26.4 Å². The summed E-state index contributed by atoms with van der Waals surface area (Å²) in [5, 5.41) is 7.53. The summed E-state index contributed by atoms with van der Waals surface area (Å²) >= 11 is 11.8. The van der Waals surface area contributed by atoms with E-state index in [2.05, 4.69) is 25.9 Å². The molecule has 1 saturated carbocycles. The molecule has 1 aromatic heterocycles. The number of hydrogen-bond donors (Lipinski definition) is 5. The Hall–Kier alpha value is -4.66. The molecule has 6 N–H and O–H groups in total. The maximum absolute atomic E-state index is 14.5. The fourth-order valence-corrected chi connectivity index (χ4v) is 8.34. The Morgan fingerprint density at radius 2 is 1.52 bits per heavy atom. The van der Waals surface area contributed by atoms with Crippen LogP contribution in [0.2, 0.25) is 10.0 Å². The van der Waals surface area contributed by atoms with Gasteiger partial charge in [-0.25, -0.2) is 31.8 Å². The first-order valence-corrected chi connectivity index (χ1v) is 22.0. The Labute approximate surface area is 363 Å². The molecule has 7 amide bonds. The van der Waals surface area contributed by atoms with E-state index < -0.39 is 106 Å². The third-order valence-corrected chi connectivity index (χ3v) is 11.7. The molecule has 2 aromatic rings. The Balaban J connectivity index is 2.02. The standard InChI is InChI=1S/C39H52Cl2F2N8O9S/c1-5-22(4)33(49-34(53)28(13-21(2)3)47-35(54)30-20-45-11-12-46-30)36(55)48-29(14-23-9-7-6-8-10-23)38(57)51(32(52)19-26(44)18-31(42)43)39(58)37(56)50-61(59,60)27-16-24(40)15-25(41)17-27/h11-12,15-17,20-23,26,28-29,31,33H,5-10,13-14,18-19,44H2,1-4H3,(H,47,54)(H,48,55)(H,49,53)(H,50,56)/t22-,26+,28-,29-,33-/m0/s1. The van der Waals surface area contributed by atoms with E-state index >= 15 is 0 Å². The Morgan fingerprint density at radius 1 is 0.885 bits per heavy atom. The minimum atomic E-state index is -4.91. The second-order valence-electron chi connectivity index (χ2n) is 15.4. The van der Waals surface area contributed by atoms with E-state index in [1.54, 1.807) is 13.8 Å². The third kappa shape index (κ3) is 15.6. The second-order valence-corrected chi connectivity index (χ2v) is 18.0. The van der Waals surface area contributed by atoms with Crippen LogP contribution in [0.3, 0.4) is 0 Å². The number of alkyl halides is 2. The zero-order chi connectivity index (χ0) is 45.6. The lowest BCUT2D eigenvalue weighted by Gasteiger charge is -2.32. The topological polar surface area (TPSA) is 257 Å². The van der Waals surface area contributed by atoms with Crippen molar-refractivity contribution in [1.29, 1.82) is 0 Å². The smallest absolute Gasteiger partial charge is 0.326 e. The van der Waals surface area contributed by atoms with E-state index in [-0.39, 0.29) is 45.3 Å². The minimum absolute atomic E-state index is 0.0618. The maximum Gasteiger partial charge on any atom is 0.326 e. The fraction of sp³-hybridized carbons (Fsp3) is 0.564. The van der Waals surface area contributed by atoms with Gasteiger partial charge in [0, 0.05) is 41.3 Å². The minimum Gasteiger partial charge on any atom is -0.342 e. The van der Waals surface area contributed by atoms with Gasteiger partial charge in [0.05, 0.1) is 11.1 Å². The fourth-order valence-electron chi connectivity index (χ4n) is 6.68. The highest BCUT2D eigenvalue weighted by atomic mass is 35.5. The van der Waals surface area contributed by atoms with E-state index in [4.69, 9.17) is 28.9 Å². The number of amides is 7. The number of sulfonamides is 1. The van der Waals surface area contributed by atoms with Crippen molar-refractivity contribution >= 4 is 74.6 Å². The molecule has 0 bridgehead atoms. The Morgan fingerprint density at radius 3 is 2.08 bits per heavy atom. The monoisotopic (exact) mass is 916 g/mol. The van der Waals surface area contributed by atoms with Gasteiger partial charge in [-0.2, -0.15) is 0 Å². The van der Waals surface area contributed by atoms with Crippen LogP contribution in [-0.4, -0.2) is 95.2 Å². The van der Waals surface area contributed by atoms with Gasteiger partial charge < -0.3 is 21.7 Å². The Kier molecular flexibility index (Phi) is 19.6. The maximum atomic E-state index is 14.5. The first-order valence-electron chi connectivity index (χ1n) is 19.8. The van der Waals surface area contributed by atoms with E-state index in [0.29, 0.717) is 19.3 Å². The van der Waals surface area contributed by atoms with Gasteiger partial charge >= 0.3 is 11.8 Å². The van der Waals surface area contributed by atoms with E-state index in [0.717, 1.165) is 31.4 Å². The summed E-state index contributed by atoms with van der Waals surface area (Å²) in [4.78, 5) is 103. The van der Waals surface area contributed by atoms with Crippen LogP contribution in [0.4, 0.5) is 8.78 Å². The summed E-state index contributed by atoms with van der Waals surface area (Å²) in [7, 11) is -4.91. The molecule has 0 saturated heterocycles. The molecule has 1 aromatic carbocycles. The van der Waals surface area contributed by atoms with Crippen LogP contribution in [0.15, 0.2) is 41.7 Å². The zero-order valence-corrected chi connectivity index (χ0v) is 36.5. The summed E-state index contributed by atoms with van der Waals surface area (Å²) in [6.07, 6.45) is 2.62. The first-order chi connectivity index (χ1) is 28.6. The first kappa shape index (κ1) is 50.7. The van der Waals surface area contributed by atoms with Gasteiger partial charge in [0.25, 0.3) is 21.8 Å². The molecule has 1 aliphatic carbocycles. The molecule has 0 unspecified atom stereocenters. The molecule has 5 atom stereocenters. The van der Waals surface area contributed by atoms with Gasteiger partial charge in [-0.05, 0) is 48.8 Å². The molecule has 336 valence electrons. The summed E-state index contributed by atoms with van der Waals surface area (Å²) in [5.41, 5.74) is 5.68. The van der Waals surface area contributed by atoms with E-state index in [9.17, 15) is 50.8 Å². The average Bonchev–Trinajstić information content (AvgIpc) is 3.18. The molecule has 17 nitrogen and oxygen atoms in total. The van der Waals surface area contributed by atoms with Crippen LogP contribution in [0.1, 0.15) is 102 Å². The van der Waals surface area contributed by atoms with Gasteiger partial charge in [0.1, 0.15) is 23.8 Å². The van der Waals surface area contributed by atoms with Crippen molar-refractivity contribution in [1.82, 2.24) is 35.5 Å². The molecule has 3 rings (SSSR count). The van der Waals surface area contributed by atoms with Gasteiger partial charge in [0.2, 0.25) is 24.1 Å². The number of carbonyl (C=O) groups is 7. The number of halogens is 4. The van der Waals surface area contributed by atoms with E-state index in [1.807, 2.05) is 13.8 Å². The number of rotatable bonds is 19. The van der Waals surface area contributed by atoms with Crippen molar-refractivity contribution in [2.45, 2.75) is 127 Å². The number of nitrogens with zero attached hydrogens (tertiary/aromatic N) is 3. The Bertz CT molecular complexity index is 1990. The lowest BCUT2D eigenvalue weighted by atomic mass is 9.84. The summed E-state index contributed by atoms with van der Waals surface area (Å²) < 4.78 is 54.2. The number of aromatic nitrogens is 2. The van der Waals surface area contributed by atoms with Crippen molar-refractivity contribution in [3.63, 3.8) is 0 Å². The van der Waals surface area contributed by atoms with Gasteiger partial charge in [0.15, 0.2) is 0 Å². The lowest BCUT2D eigenvalue weighted by Crippen LogP contribution is -2.61. The van der Waals surface area contributed by atoms with Gasteiger partial charge in [-0.15, -0.1) is 0 Å². The quantitative estimate of drug-likeness (QED) is 0.127. The normalized spacial score (nSPS) is 15.8. The highest BCUT2D eigenvalue weighted by molar-refractivity contribution is 7.90. The molecule has 61 heavy (non-hydrogen) atoms. The number of nitrogens with two attached hydrogens (primary N) is 1. The summed E-state index contributed by atoms with van der Waals surface area (Å²) in [6, 6.07) is -2.86. The highest BCUT2D eigenvalue weighted by Crippen LogP contribution is 2.28. The van der Waals surface area contributed by atoms with Crippen molar-refractivity contribution in [2.75, 3.05) is 0 Å². The molecule has 0 spiro atoms. The number of nitrogens with one attached hydrogen (secondary N) is 4. The van der Waals surface area contributed by atoms with Gasteiger partial charge in [-0.3, -0.25) is 38.5 Å². The predicted octanol–water partition coefficient (Wildman–Crippen LogP) is 3.67. The van der Waals surface area contributed by atoms with Crippen LogP contribution in [-0.2, 0) is 38.8 Å². The molecular formula is C39H52Cl2F2N8O9S. The number of hydrogen-bond acceptors (Lipinski definition) is 12. The van der Waals surface area contributed by atoms with Crippen LogP contribution in [0.5, 0.6) is 0 Å². The van der Waals surface area contributed by atoms with Crippen molar-refractivity contribution in [2.24, 2.45) is 23.5 Å². The molecule has 1 aliphatic rings. The second kappa shape index (κ2) is 23.5. The number of carbonyl (C=O) groups excluding carboxylic acids is 7. The summed E-state index contributed by atoms with van der Waals surface area (Å²) in [5.74, 6) is -10.3. The van der Waals surface area contributed by atoms with E-state index in [1.165, 1.54) is 29.4 Å². The van der Waals surface area contributed by atoms with Crippen molar-refractivity contribution < 1.29 is 50.8 Å². The molecule has 1 heterocycles. The largest absolute Gasteiger partial charge is 0.342 e. The average molecular weight is 918 g/mol. The van der Waals surface area contributed by atoms with Crippen LogP contribution in [0, 0.1) is 17.8 Å².